The van der Waals surface area contributed by atoms with Gasteiger partial charge in [-0.25, -0.2) is 4.98 Å². The standard InChI is InChI=1S/C12H16N4O/c1-8-10(4-6-17-8)16(2)12-11(14)9(7-13)3-5-15-12/h3,5,8,10H,4,6,14H2,1-2H3. The first-order valence-electron chi connectivity index (χ1n) is 5.64. The van der Waals surface area contributed by atoms with Gasteiger partial charge in [-0.15, -0.1) is 0 Å². The number of hydrogen-bond acceptors (Lipinski definition) is 5. The summed E-state index contributed by atoms with van der Waals surface area (Å²) in [6.45, 7) is 2.80. The van der Waals surface area contributed by atoms with Crippen LogP contribution in [0.1, 0.15) is 18.9 Å². The molecule has 0 radical (unpaired) electrons. The van der Waals surface area contributed by atoms with Crippen LogP contribution in [-0.4, -0.2) is 30.8 Å². The minimum atomic E-state index is 0.159. The van der Waals surface area contributed by atoms with Crippen molar-refractivity contribution in [1.82, 2.24) is 4.98 Å². The highest BCUT2D eigenvalue weighted by molar-refractivity contribution is 5.70. The molecule has 1 fully saturated rings. The van der Waals surface area contributed by atoms with Crippen molar-refractivity contribution in [1.29, 1.82) is 5.26 Å². The number of nitrogens with two attached hydrogens (primary N) is 1. The van der Waals surface area contributed by atoms with E-state index < -0.39 is 0 Å². The third-order valence-corrected chi connectivity index (χ3v) is 3.26. The number of hydrogen-bond donors (Lipinski definition) is 1. The van der Waals surface area contributed by atoms with Crippen molar-refractivity contribution in [3.8, 4) is 6.07 Å². The van der Waals surface area contributed by atoms with Gasteiger partial charge in [0.05, 0.1) is 23.4 Å². The van der Waals surface area contributed by atoms with Gasteiger partial charge < -0.3 is 15.4 Å². The van der Waals surface area contributed by atoms with Crippen LogP contribution < -0.4 is 10.6 Å². The molecule has 2 heterocycles. The predicted octanol–water partition coefficient (Wildman–Crippen LogP) is 1.15. The number of aromatic nitrogens is 1. The molecule has 1 aromatic heterocycles. The minimum Gasteiger partial charge on any atom is -0.395 e. The van der Waals surface area contributed by atoms with Crippen LogP contribution in [0, 0.1) is 11.3 Å². The lowest BCUT2D eigenvalue weighted by molar-refractivity contribution is 0.118. The predicted molar refractivity (Wildman–Crippen MR) is 65.6 cm³/mol. The average molecular weight is 232 g/mol. The maximum absolute atomic E-state index is 8.94. The lowest BCUT2D eigenvalue weighted by Gasteiger charge is -2.28. The summed E-state index contributed by atoms with van der Waals surface area (Å²) in [7, 11) is 1.94. The monoisotopic (exact) mass is 232 g/mol. The molecule has 2 atom stereocenters. The molecule has 17 heavy (non-hydrogen) atoms. The van der Waals surface area contributed by atoms with Crippen molar-refractivity contribution in [3.05, 3.63) is 17.8 Å². The zero-order chi connectivity index (χ0) is 12.4. The molecule has 0 aliphatic carbocycles. The maximum Gasteiger partial charge on any atom is 0.153 e. The van der Waals surface area contributed by atoms with E-state index in [9.17, 15) is 0 Å². The van der Waals surface area contributed by atoms with Crippen LogP contribution in [-0.2, 0) is 4.74 Å². The van der Waals surface area contributed by atoms with Crippen molar-refractivity contribution >= 4 is 11.5 Å². The van der Waals surface area contributed by atoms with Gasteiger partial charge in [0.15, 0.2) is 5.82 Å². The number of nitrogens with zero attached hydrogens (tertiary/aromatic N) is 3. The number of nitrogen functional groups attached to an aromatic ring is 1. The highest BCUT2D eigenvalue weighted by atomic mass is 16.5. The molecule has 1 saturated heterocycles. The van der Waals surface area contributed by atoms with Crippen LogP contribution in [0.3, 0.4) is 0 Å². The Morgan fingerprint density at radius 3 is 3.00 bits per heavy atom. The second-order valence-corrected chi connectivity index (χ2v) is 4.25. The van der Waals surface area contributed by atoms with Gasteiger partial charge in [-0.2, -0.15) is 5.26 Å². The molecule has 5 heteroatoms. The highest BCUT2D eigenvalue weighted by Crippen LogP contribution is 2.28. The van der Waals surface area contributed by atoms with Crippen molar-refractivity contribution in [2.24, 2.45) is 0 Å². The van der Waals surface area contributed by atoms with Gasteiger partial charge in [0.2, 0.25) is 0 Å². The van der Waals surface area contributed by atoms with E-state index in [1.54, 1.807) is 12.3 Å². The molecule has 0 aromatic carbocycles. The van der Waals surface area contributed by atoms with E-state index in [0.29, 0.717) is 17.1 Å². The average Bonchev–Trinajstić information content (AvgIpc) is 2.75. The van der Waals surface area contributed by atoms with Crippen molar-refractivity contribution in [2.45, 2.75) is 25.5 Å². The smallest absolute Gasteiger partial charge is 0.153 e. The van der Waals surface area contributed by atoms with Crippen LogP contribution in [0.15, 0.2) is 12.3 Å². The largest absolute Gasteiger partial charge is 0.395 e. The minimum absolute atomic E-state index is 0.159. The summed E-state index contributed by atoms with van der Waals surface area (Å²) in [5.74, 6) is 0.659. The molecule has 0 amide bonds. The number of nitriles is 1. The summed E-state index contributed by atoms with van der Waals surface area (Å²) in [6, 6.07) is 3.96. The Bertz CT molecular complexity index is 454. The molecular weight excluding hydrogens is 216 g/mol. The van der Waals surface area contributed by atoms with Crippen molar-refractivity contribution in [3.63, 3.8) is 0 Å². The molecule has 0 saturated carbocycles. The van der Waals surface area contributed by atoms with Gasteiger partial charge in [-0.05, 0) is 19.4 Å². The van der Waals surface area contributed by atoms with Gasteiger partial charge in [0.1, 0.15) is 6.07 Å². The van der Waals surface area contributed by atoms with Crippen LogP contribution >= 0.6 is 0 Å². The first-order valence-corrected chi connectivity index (χ1v) is 5.64. The van der Waals surface area contributed by atoms with E-state index in [4.69, 9.17) is 15.7 Å². The van der Waals surface area contributed by atoms with Gasteiger partial charge in [-0.3, -0.25) is 0 Å². The number of anilines is 2. The fourth-order valence-corrected chi connectivity index (χ4v) is 2.23. The SMILES string of the molecule is CC1OCCC1N(C)c1nccc(C#N)c1N. The van der Waals surface area contributed by atoms with Gasteiger partial charge >= 0.3 is 0 Å². The zero-order valence-electron chi connectivity index (χ0n) is 10.1. The Morgan fingerprint density at radius 1 is 1.65 bits per heavy atom. The van der Waals surface area contributed by atoms with Gasteiger partial charge in [0.25, 0.3) is 0 Å². The molecule has 2 rings (SSSR count). The fourth-order valence-electron chi connectivity index (χ4n) is 2.23. The normalized spacial score (nSPS) is 23.4. The van der Waals surface area contributed by atoms with Crippen molar-refractivity contribution in [2.75, 3.05) is 24.3 Å². The highest BCUT2D eigenvalue weighted by Gasteiger charge is 2.29. The molecule has 5 nitrogen and oxygen atoms in total. The topological polar surface area (TPSA) is 75.2 Å². The number of pyridine rings is 1. The van der Waals surface area contributed by atoms with E-state index in [1.807, 2.05) is 18.9 Å². The first kappa shape index (κ1) is 11.7. The molecule has 90 valence electrons. The van der Waals surface area contributed by atoms with Gasteiger partial charge in [-0.1, -0.05) is 0 Å². The molecule has 0 spiro atoms. The molecule has 2 N–H and O–H groups in total. The second-order valence-electron chi connectivity index (χ2n) is 4.25. The molecule has 1 aromatic rings. The van der Waals surface area contributed by atoms with Crippen LogP contribution in [0.25, 0.3) is 0 Å². The third kappa shape index (κ3) is 2.04. The second kappa shape index (κ2) is 4.60. The Balaban J connectivity index is 2.31. The molecule has 1 aliphatic heterocycles. The lowest BCUT2D eigenvalue weighted by Crippen LogP contribution is -2.37. The van der Waals surface area contributed by atoms with E-state index in [2.05, 4.69) is 11.1 Å². The third-order valence-electron chi connectivity index (χ3n) is 3.26. The molecular formula is C12H16N4O. The Labute approximate surface area is 101 Å². The fraction of sp³-hybridized carbons (Fsp3) is 0.500. The van der Waals surface area contributed by atoms with Gasteiger partial charge in [0, 0.05) is 19.9 Å². The maximum atomic E-state index is 8.94. The Kier molecular flexibility index (Phi) is 3.16. The Morgan fingerprint density at radius 2 is 2.41 bits per heavy atom. The van der Waals surface area contributed by atoms with Crippen LogP contribution in [0.5, 0.6) is 0 Å². The van der Waals surface area contributed by atoms with Crippen LogP contribution in [0.2, 0.25) is 0 Å². The summed E-state index contributed by atoms with van der Waals surface area (Å²) in [6.07, 6.45) is 2.73. The summed E-state index contributed by atoms with van der Waals surface area (Å²) in [5, 5.41) is 8.94. The molecule has 2 unspecified atom stereocenters. The number of likely N-dealkylation sites (N-methyl/N-ethyl adjacent to an activating group) is 1. The number of ether oxygens (including phenoxy) is 1. The first-order chi connectivity index (χ1) is 8.15. The van der Waals surface area contributed by atoms with E-state index in [0.717, 1.165) is 13.0 Å². The quantitative estimate of drug-likeness (QED) is 0.827. The summed E-state index contributed by atoms with van der Waals surface area (Å²) in [4.78, 5) is 6.27. The summed E-state index contributed by atoms with van der Waals surface area (Å²) < 4.78 is 5.53. The molecule has 1 aliphatic rings. The molecule has 0 bridgehead atoms. The van der Waals surface area contributed by atoms with Crippen LogP contribution in [0.4, 0.5) is 11.5 Å². The lowest BCUT2D eigenvalue weighted by atomic mass is 10.1. The van der Waals surface area contributed by atoms with Crippen molar-refractivity contribution < 1.29 is 4.74 Å². The Hall–Kier alpha value is -1.80. The van der Waals surface area contributed by atoms with E-state index in [1.165, 1.54) is 0 Å². The van der Waals surface area contributed by atoms with E-state index in [-0.39, 0.29) is 12.1 Å². The zero-order valence-corrected chi connectivity index (χ0v) is 10.1. The van der Waals surface area contributed by atoms with E-state index >= 15 is 0 Å². The summed E-state index contributed by atoms with van der Waals surface area (Å²) >= 11 is 0. The summed E-state index contributed by atoms with van der Waals surface area (Å²) in [5.41, 5.74) is 6.85. The number of rotatable bonds is 2.